The highest BCUT2D eigenvalue weighted by Gasteiger charge is 2.33. The van der Waals surface area contributed by atoms with Gasteiger partial charge in [-0.2, -0.15) is 0 Å². The summed E-state index contributed by atoms with van der Waals surface area (Å²) in [5, 5.41) is 0. The number of para-hydroxylation sites is 1. The lowest BCUT2D eigenvalue weighted by molar-refractivity contribution is -0.136. The lowest BCUT2D eigenvalue weighted by atomic mass is 9.91. The van der Waals surface area contributed by atoms with E-state index >= 15 is 0 Å². The smallest absolute Gasteiger partial charge is 0.247 e. The van der Waals surface area contributed by atoms with Gasteiger partial charge in [0.05, 0.1) is 6.61 Å². The summed E-state index contributed by atoms with van der Waals surface area (Å²) in [6.07, 6.45) is 0. The van der Waals surface area contributed by atoms with Crippen molar-refractivity contribution in [1.29, 1.82) is 0 Å². The molecule has 4 nitrogen and oxygen atoms in total. The van der Waals surface area contributed by atoms with Crippen molar-refractivity contribution in [3.05, 3.63) is 65.7 Å². The molecule has 122 valence electrons. The average molecular weight is 312 g/mol. The van der Waals surface area contributed by atoms with Gasteiger partial charge in [-0.3, -0.25) is 4.79 Å². The van der Waals surface area contributed by atoms with E-state index in [1.807, 2.05) is 61.5 Å². The molecular weight excluding hydrogens is 288 g/mol. The average Bonchev–Trinajstić information content (AvgIpc) is 2.57. The van der Waals surface area contributed by atoms with Crippen LogP contribution in [0.3, 0.4) is 0 Å². The normalized spacial score (nSPS) is 13.2. The minimum Gasteiger partial charge on any atom is -0.494 e. The number of likely N-dealkylation sites (N-methyl/N-ethyl adjacent to an activating group) is 1. The number of rotatable bonds is 6. The molecule has 2 aromatic rings. The van der Waals surface area contributed by atoms with Crippen molar-refractivity contribution in [1.82, 2.24) is 4.90 Å². The second-order valence-electron chi connectivity index (χ2n) is 5.77. The van der Waals surface area contributed by atoms with E-state index in [-0.39, 0.29) is 5.91 Å². The number of hydrogen-bond donors (Lipinski definition) is 1. The first-order valence-corrected chi connectivity index (χ1v) is 7.77. The van der Waals surface area contributed by atoms with E-state index in [4.69, 9.17) is 10.5 Å². The van der Waals surface area contributed by atoms with Gasteiger partial charge in [-0.15, -0.1) is 0 Å². The highest BCUT2D eigenvalue weighted by atomic mass is 16.5. The Morgan fingerprint density at radius 3 is 2.39 bits per heavy atom. The number of benzene rings is 2. The third kappa shape index (κ3) is 3.90. The number of ether oxygens (including phenoxy) is 1. The Hall–Kier alpha value is -2.33. The molecule has 0 radical (unpaired) electrons. The van der Waals surface area contributed by atoms with Gasteiger partial charge in [0.1, 0.15) is 11.3 Å². The largest absolute Gasteiger partial charge is 0.494 e. The third-order valence-electron chi connectivity index (χ3n) is 3.84. The molecule has 2 aromatic carbocycles. The second kappa shape index (κ2) is 7.29. The molecule has 0 aliphatic rings. The highest BCUT2D eigenvalue weighted by molar-refractivity contribution is 5.86. The summed E-state index contributed by atoms with van der Waals surface area (Å²) in [6, 6.07) is 17.2. The fraction of sp³-hybridized carbons (Fsp3) is 0.316. The zero-order chi connectivity index (χ0) is 16.9. The molecule has 0 bridgehead atoms. The minimum absolute atomic E-state index is 0.130. The Kier molecular flexibility index (Phi) is 5.40. The van der Waals surface area contributed by atoms with Gasteiger partial charge in [-0.25, -0.2) is 0 Å². The molecule has 0 saturated heterocycles. The van der Waals surface area contributed by atoms with Gasteiger partial charge in [-0.1, -0.05) is 48.5 Å². The molecule has 1 amide bonds. The fourth-order valence-corrected chi connectivity index (χ4v) is 2.56. The molecule has 1 unspecified atom stereocenters. The Bertz CT molecular complexity index is 653. The molecule has 2 rings (SSSR count). The van der Waals surface area contributed by atoms with Crippen LogP contribution in [0.15, 0.2) is 54.6 Å². The monoisotopic (exact) mass is 312 g/mol. The maximum absolute atomic E-state index is 12.8. The van der Waals surface area contributed by atoms with Crippen LogP contribution < -0.4 is 10.5 Å². The molecule has 0 fully saturated rings. The lowest BCUT2D eigenvalue weighted by Crippen LogP contribution is -2.49. The maximum atomic E-state index is 12.8. The Morgan fingerprint density at radius 2 is 1.74 bits per heavy atom. The van der Waals surface area contributed by atoms with E-state index in [2.05, 4.69) is 0 Å². The van der Waals surface area contributed by atoms with Crippen LogP contribution in [0.1, 0.15) is 25.0 Å². The second-order valence-corrected chi connectivity index (χ2v) is 5.77. The number of carbonyl (C=O) groups is 1. The molecule has 23 heavy (non-hydrogen) atoms. The van der Waals surface area contributed by atoms with Crippen LogP contribution in [0.5, 0.6) is 5.75 Å². The third-order valence-corrected chi connectivity index (χ3v) is 3.84. The van der Waals surface area contributed by atoms with E-state index in [9.17, 15) is 4.79 Å². The number of carbonyl (C=O) groups excluding carboxylic acids is 1. The van der Waals surface area contributed by atoms with E-state index in [1.165, 1.54) is 0 Å². The quantitative estimate of drug-likeness (QED) is 0.892. The Labute approximate surface area is 137 Å². The van der Waals surface area contributed by atoms with Gasteiger partial charge in [0, 0.05) is 19.2 Å². The summed E-state index contributed by atoms with van der Waals surface area (Å²) in [5.41, 5.74) is 7.02. The van der Waals surface area contributed by atoms with Crippen LogP contribution in [0.4, 0.5) is 0 Å². The van der Waals surface area contributed by atoms with Crippen molar-refractivity contribution in [2.24, 2.45) is 5.73 Å². The van der Waals surface area contributed by atoms with Gasteiger partial charge < -0.3 is 15.4 Å². The molecule has 0 saturated carbocycles. The zero-order valence-corrected chi connectivity index (χ0v) is 14.0. The van der Waals surface area contributed by atoms with Gasteiger partial charge in [0.25, 0.3) is 0 Å². The summed E-state index contributed by atoms with van der Waals surface area (Å²) in [7, 11) is 1.76. The van der Waals surface area contributed by atoms with Crippen LogP contribution in [-0.2, 0) is 16.9 Å². The molecule has 1 atom stereocenters. The molecule has 4 heteroatoms. The van der Waals surface area contributed by atoms with Crippen LogP contribution in [0.2, 0.25) is 0 Å². The van der Waals surface area contributed by atoms with E-state index in [1.54, 1.807) is 18.9 Å². The molecule has 0 spiro atoms. The Balaban J connectivity index is 2.17. The number of nitrogens with zero attached hydrogens (tertiary/aromatic N) is 1. The van der Waals surface area contributed by atoms with E-state index in [0.29, 0.717) is 13.2 Å². The van der Waals surface area contributed by atoms with Crippen molar-refractivity contribution in [2.75, 3.05) is 13.7 Å². The molecule has 0 heterocycles. The molecule has 0 aliphatic heterocycles. The molecular formula is C19H24N2O2. The summed E-state index contributed by atoms with van der Waals surface area (Å²) in [4.78, 5) is 14.4. The van der Waals surface area contributed by atoms with Gasteiger partial charge in [0.15, 0.2) is 0 Å². The fourth-order valence-electron chi connectivity index (χ4n) is 2.56. The lowest BCUT2D eigenvalue weighted by Gasteiger charge is -2.30. The molecule has 2 N–H and O–H groups in total. The Morgan fingerprint density at radius 1 is 1.13 bits per heavy atom. The topological polar surface area (TPSA) is 55.6 Å². The predicted molar refractivity (Wildman–Crippen MR) is 92.1 cm³/mol. The first kappa shape index (κ1) is 17.0. The van der Waals surface area contributed by atoms with Crippen molar-refractivity contribution in [3.8, 4) is 5.75 Å². The first-order valence-electron chi connectivity index (χ1n) is 7.77. The zero-order valence-electron chi connectivity index (χ0n) is 14.0. The summed E-state index contributed by atoms with van der Waals surface area (Å²) in [6.45, 7) is 4.73. The standard InChI is InChI=1S/C19H24N2O2/c1-4-23-17-13-9-8-10-15(17)14-21(3)18(22)19(2,20)16-11-6-5-7-12-16/h5-13H,4,14,20H2,1-3H3. The van der Waals surface area contributed by atoms with Crippen LogP contribution in [0.25, 0.3) is 0 Å². The maximum Gasteiger partial charge on any atom is 0.247 e. The van der Waals surface area contributed by atoms with E-state index < -0.39 is 5.54 Å². The van der Waals surface area contributed by atoms with Gasteiger partial charge in [0.2, 0.25) is 5.91 Å². The van der Waals surface area contributed by atoms with Crippen LogP contribution in [0, 0.1) is 0 Å². The molecule has 0 aromatic heterocycles. The first-order chi connectivity index (χ1) is 11.0. The van der Waals surface area contributed by atoms with Crippen molar-refractivity contribution in [3.63, 3.8) is 0 Å². The summed E-state index contributed by atoms with van der Waals surface area (Å²) in [5.74, 6) is 0.670. The highest BCUT2D eigenvalue weighted by Crippen LogP contribution is 2.23. The predicted octanol–water partition coefficient (Wildman–Crippen LogP) is 2.92. The SMILES string of the molecule is CCOc1ccccc1CN(C)C(=O)C(C)(N)c1ccccc1. The molecule has 0 aliphatic carbocycles. The van der Waals surface area contributed by atoms with Crippen LogP contribution >= 0.6 is 0 Å². The number of nitrogens with two attached hydrogens (primary N) is 1. The summed E-state index contributed by atoms with van der Waals surface area (Å²) >= 11 is 0. The summed E-state index contributed by atoms with van der Waals surface area (Å²) < 4.78 is 5.62. The number of amides is 1. The van der Waals surface area contributed by atoms with Crippen molar-refractivity contribution >= 4 is 5.91 Å². The van der Waals surface area contributed by atoms with Crippen molar-refractivity contribution in [2.45, 2.75) is 25.9 Å². The van der Waals surface area contributed by atoms with Gasteiger partial charge >= 0.3 is 0 Å². The minimum atomic E-state index is -1.06. The van der Waals surface area contributed by atoms with Crippen molar-refractivity contribution < 1.29 is 9.53 Å². The van der Waals surface area contributed by atoms with E-state index in [0.717, 1.165) is 16.9 Å². The number of hydrogen-bond acceptors (Lipinski definition) is 3. The van der Waals surface area contributed by atoms with Gasteiger partial charge in [-0.05, 0) is 25.5 Å². The van der Waals surface area contributed by atoms with Crippen LogP contribution in [-0.4, -0.2) is 24.5 Å².